The Bertz CT molecular complexity index is 494. The van der Waals surface area contributed by atoms with Crippen LogP contribution in [0.2, 0.25) is 0 Å². The van der Waals surface area contributed by atoms with Gasteiger partial charge in [-0.25, -0.2) is 0 Å². The molecule has 0 fully saturated rings. The lowest BCUT2D eigenvalue weighted by Crippen LogP contribution is -2.13. The number of hydrogen-bond donors (Lipinski definition) is 1. The van der Waals surface area contributed by atoms with E-state index in [1.165, 1.54) is 0 Å². The van der Waals surface area contributed by atoms with E-state index in [0.29, 0.717) is 0 Å². The van der Waals surface area contributed by atoms with Crippen molar-refractivity contribution in [1.82, 2.24) is 4.98 Å². The fourth-order valence-corrected chi connectivity index (χ4v) is 1.79. The molecule has 0 amide bonds. The number of nitrogens with zero attached hydrogens (tertiary/aromatic N) is 1. The number of aryl methyl sites for hydroxylation is 1. The maximum absolute atomic E-state index is 6.23. The molecule has 1 atom stereocenters. The lowest BCUT2D eigenvalue weighted by Gasteiger charge is -2.14. The summed E-state index contributed by atoms with van der Waals surface area (Å²) in [5, 5.41) is 0. The van der Waals surface area contributed by atoms with Gasteiger partial charge in [-0.05, 0) is 41.8 Å². The molecule has 1 heterocycles. The second-order valence-corrected chi connectivity index (χ2v) is 3.98. The summed E-state index contributed by atoms with van der Waals surface area (Å²) in [6.07, 6.45) is 3.60. The predicted molar refractivity (Wildman–Crippen MR) is 68.0 cm³/mol. The first kappa shape index (κ1) is 11.6. The Balaban J connectivity index is 2.30. The number of pyridine rings is 1. The lowest BCUT2D eigenvalue weighted by atomic mass is 9.98. The van der Waals surface area contributed by atoms with Crippen molar-refractivity contribution in [2.75, 3.05) is 7.11 Å². The van der Waals surface area contributed by atoms with Gasteiger partial charge in [-0.15, -0.1) is 0 Å². The molecule has 2 N–H and O–H groups in total. The number of ether oxygens (including phenoxy) is 1. The molecule has 0 aliphatic rings. The van der Waals surface area contributed by atoms with E-state index in [1.54, 1.807) is 13.3 Å². The highest BCUT2D eigenvalue weighted by Gasteiger charge is 2.11. The van der Waals surface area contributed by atoms with Crippen LogP contribution in [0.5, 0.6) is 5.75 Å². The number of methoxy groups -OCH3 is 1. The van der Waals surface area contributed by atoms with Gasteiger partial charge in [0.15, 0.2) is 0 Å². The molecule has 1 aromatic carbocycles. The third-order valence-electron chi connectivity index (χ3n) is 2.89. The molecular weight excluding hydrogens is 212 g/mol. The Labute approximate surface area is 101 Å². The molecule has 3 heteroatoms. The summed E-state index contributed by atoms with van der Waals surface area (Å²) in [6.45, 7) is 2.04. The van der Waals surface area contributed by atoms with Gasteiger partial charge in [0, 0.05) is 12.4 Å². The highest BCUT2D eigenvalue weighted by molar-refractivity contribution is 5.37. The van der Waals surface area contributed by atoms with Crippen molar-refractivity contribution < 1.29 is 4.74 Å². The van der Waals surface area contributed by atoms with Crippen molar-refractivity contribution in [3.05, 3.63) is 59.4 Å². The molecule has 2 aromatic rings. The summed E-state index contributed by atoms with van der Waals surface area (Å²) in [7, 11) is 1.65. The molecule has 0 aliphatic carbocycles. The van der Waals surface area contributed by atoms with E-state index in [-0.39, 0.29) is 6.04 Å². The number of hydrogen-bond acceptors (Lipinski definition) is 3. The predicted octanol–water partition coefficient (Wildman–Crippen LogP) is 2.45. The Hall–Kier alpha value is -1.87. The van der Waals surface area contributed by atoms with E-state index < -0.39 is 0 Å². The zero-order chi connectivity index (χ0) is 12.3. The molecule has 17 heavy (non-hydrogen) atoms. The third kappa shape index (κ3) is 2.45. The topological polar surface area (TPSA) is 48.1 Å². The fraction of sp³-hybridized carbons (Fsp3) is 0.214. The standard InChI is InChI=1S/C14H16N2O/c1-10-7-8-16-9-13(10)14(15)11-3-5-12(17-2)6-4-11/h3-9,14H,15H2,1-2H3. The number of aromatic nitrogens is 1. The average Bonchev–Trinajstić information content (AvgIpc) is 2.39. The molecule has 88 valence electrons. The molecule has 0 aliphatic heterocycles. The van der Waals surface area contributed by atoms with Gasteiger partial charge < -0.3 is 10.5 Å². The summed E-state index contributed by atoms with van der Waals surface area (Å²) in [5.41, 5.74) is 9.49. The first-order chi connectivity index (χ1) is 8.22. The third-order valence-corrected chi connectivity index (χ3v) is 2.89. The van der Waals surface area contributed by atoms with Crippen LogP contribution in [0.25, 0.3) is 0 Å². The largest absolute Gasteiger partial charge is 0.497 e. The summed E-state index contributed by atoms with van der Waals surface area (Å²) < 4.78 is 5.13. The molecule has 1 unspecified atom stereocenters. The maximum Gasteiger partial charge on any atom is 0.118 e. The molecule has 3 nitrogen and oxygen atoms in total. The monoisotopic (exact) mass is 228 g/mol. The quantitative estimate of drug-likeness (QED) is 0.877. The SMILES string of the molecule is COc1ccc(C(N)c2cnccc2C)cc1. The van der Waals surface area contributed by atoms with E-state index in [0.717, 1.165) is 22.4 Å². The second kappa shape index (κ2) is 4.97. The van der Waals surface area contributed by atoms with E-state index in [1.807, 2.05) is 43.5 Å². The molecule has 0 saturated carbocycles. The summed E-state index contributed by atoms with van der Waals surface area (Å²) in [5.74, 6) is 0.837. The highest BCUT2D eigenvalue weighted by atomic mass is 16.5. The van der Waals surface area contributed by atoms with Gasteiger partial charge >= 0.3 is 0 Å². The molecule has 2 rings (SSSR count). The van der Waals surface area contributed by atoms with Crippen LogP contribution in [0.1, 0.15) is 22.7 Å². The minimum atomic E-state index is -0.144. The van der Waals surface area contributed by atoms with Crippen molar-refractivity contribution >= 4 is 0 Å². The number of benzene rings is 1. The Kier molecular flexibility index (Phi) is 3.40. The zero-order valence-electron chi connectivity index (χ0n) is 10.1. The van der Waals surface area contributed by atoms with Crippen molar-refractivity contribution in [1.29, 1.82) is 0 Å². The molecule has 0 bridgehead atoms. The first-order valence-electron chi connectivity index (χ1n) is 5.52. The highest BCUT2D eigenvalue weighted by Crippen LogP contribution is 2.23. The Morgan fingerprint density at radius 1 is 1.18 bits per heavy atom. The normalized spacial score (nSPS) is 12.2. The van der Waals surface area contributed by atoms with E-state index in [9.17, 15) is 0 Å². The minimum absolute atomic E-state index is 0.144. The van der Waals surface area contributed by atoms with Crippen LogP contribution in [-0.4, -0.2) is 12.1 Å². The van der Waals surface area contributed by atoms with Gasteiger partial charge in [0.1, 0.15) is 5.75 Å². The van der Waals surface area contributed by atoms with Gasteiger partial charge in [-0.2, -0.15) is 0 Å². The summed E-state index contributed by atoms with van der Waals surface area (Å²) in [4.78, 5) is 4.12. The maximum atomic E-state index is 6.23. The zero-order valence-corrected chi connectivity index (χ0v) is 10.1. The van der Waals surface area contributed by atoms with E-state index in [2.05, 4.69) is 4.98 Å². The smallest absolute Gasteiger partial charge is 0.118 e. The molecule has 0 radical (unpaired) electrons. The Morgan fingerprint density at radius 2 is 1.88 bits per heavy atom. The first-order valence-corrected chi connectivity index (χ1v) is 5.52. The van der Waals surface area contributed by atoms with Gasteiger partial charge in [0.25, 0.3) is 0 Å². The second-order valence-electron chi connectivity index (χ2n) is 3.98. The number of rotatable bonds is 3. The van der Waals surface area contributed by atoms with Crippen LogP contribution in [0.3, 0.4) is 0 Å². The van der Waals surface area contributed by atoms with Gasteiger partial charge in [0.05, 0.1) is 13.2 Å². The molecule has 0 spiro atoms. The van der Waals surface area contributed by atoms with Crippen molar-refractivity contribution in [3.8, 4) is 5.75 Å². The van der Waals surface area contributed by atoms with E-state index in [4.69, 9.17) is 10.5 Å². The summed E-state index contributed by atoms with van der Waals surface area (Å²) >= 11 is 0. The van der Waals surface area contributed by atoms with Crippen molar-refractivity contribution in [3.63, 3.8) is 0 Å². The van der Waals surface area contributed by atoms with Crippen molar-refractivity contribution in [2.45, 2.75) is 13.0 Å². The van der Waals surface area contributed by atoms with Crippen LogP contribution in [0, 0.1) is 6.92 Å². The van der Waals surface area contributed by atoms with Crippen LogP contribution < -0.4 is 10.5 Å². The number of nitrogens with two attached hydrogens (primary N) is 1. The van der Waals surface area contributed by atoms with Crippen LogP contribution in [-0.2, 0) is 0 Å². The molecule has 1 aromatic heterocycles. The van der Waals surface area contributed by atoms with E-state index >= 15 is 0 Å². The molecule has 0 saturated heterocycles. The van der Waals surface area contributed by atoms with Gasteiger partial charge in [0.2, 0.25) is 0 Å². The summed E-state index contributed by atoms with van der Waals surface area (Å²) in [6, 6.07) is 9.63. The lowest BCUT2D eigenvalue weighted by molar-refractivity contribution is 0.414. The van der Waals surface area contributed by atoms with Crippen molar-refractivity contribution in [2.24, 2.45) is 5.73 Å². The molecular formula is C14H16N2O. The van der Waals surface area contributed by atoms with Crippen LogP contribution in [0.4, 0.5) is 0 Å². The van der Waals surface area contributed by atoms with Gasteiger partial charge in [-0.3, -0.25) is 4.98 Å². The minimum Gasteiger partial charge on any atom is -0.497 e. The average molecular weight is 228 g/mol. The Morgan fingerprint density at radius 3 is 2.47 bits per heavy atom. The van der Waals surface area contributed by atoms with Crippen LogP contribution in [0.15, 0.2) is 42.7 Å². The van der Waals surface area contributed by atoms with Gasteiger partial charge in [-0.1, -0.05) is 12.1 Å². The van der Waals surface area contributed by atoms with Crippen LogP contribution >= 0.6 is 0 Å². The fourth-order valence-electron chi connectivity index (χ4n) is 1.79.